The van der Waals surface area contributed by atoms with Crippen molar-refractivity contribution in [2.45, 2.75) is 64.5 Å². The van der Waals surface area contributed by atoms with Crippen molar-refractivity contribution in [3.05, 3.63) is 0 Å². The molecule has 1 aliphatic carbocycles. The molecule has 0 radical (unpaired) electrons. The number of carboxylic acids is 1. The largest absolute Gasteiger partial charge is 0.480 e. The highest BCUT2D eigenvalue weighted by molar-refractivity contribution is 5.80. The molecule has 0 aromatic carbocycles. The number of carbonyl (C=O) groups is 1. The number of nitrogens with one attached hydrogen (secondary N) is 1. The van der Waals surface area contributed by atoms with Crippen LogP contribution in [0, 0.1) is 5.92 Å². The highest BCUT2D eigenvalue weighted by Crippen LogP contribution is 2.41. The third kappa shape index (κ3) is 3.69. The van der Waals surface area contributed by atoms with Crippen LogP contribution < -0.4 is 5.32 Å². The second-order valence-corrected chi connectivity index (χ2v) is 6.50. The second kappa shape index (κ2) is 6.23. The monoisotopic (exact) mass is 270 g/mol. The second-order valence-electron chi connectivity index (χ2n) is 6.50. The van der Waals surface area contributed by atoms with Crippen LogP contribution in [0.2, 0.25) is 0 Å². The summed E-state index contributed by atoms with van der Waals surface area (Å²) in [6, 6.07) is 0. The molecule has 2 N–H and O–H groups in total. The van der Waals surface area contributed by atoms with Gasteiger partial charge in [-0.25, -0.2) is 0 Å². The summed E-state index contributed by atoms with van der Waals surface area (Å²) in [6.45, 7) is 9.91. The molecule has 0 aliphatic heterocycles. The molecule has 1 unspecified atom stereocenters. The Labute approximate surface area is 117 Å². The zero-order valence-electron chi connectivity index (χ0n) is 13.1. The average molecular weight is 270 g/mol. The van der Waals surface area contributed by atoms with Gasteiger partial charge in [-0.05, 0) is 59.0 Å². The first-order chi connectivity index (χ1) is 8.80. The molecule has 0 bridgehead atoms. The number of hydrogen-bond donors (Lipinski definition) is 2. The van der Waals surface area contributed by atoms with E-state index in [2.05, 4.69) is 37.9 Å². The minimum absolute atomic E-state index is 0.0312. The molecule has 0 aromatic heterocycles. The van der Waals surface area contributed by atoms with E-state index in [1.165, 1.54) is 0 Å². The molecule has 0 aromatic rings. The number of rotatable bonds is 9. The van der Waals surface area contributed by atoms with E-state index >= 15 is 0 Å². The third-order valence-electron chi connectivity index (χ3n) is 4.73. The maximum atomic E-state index is 11.9. The highest BCUT2D eigenvalue weighted by atomic mass is 16.4. The molecule has 1 rings (SSSR count). The smallest absolute Gasteiger partial charge is 0.325 e. The number of nitrogens with zero attached hydrogens (tertiary/aromatic N) is 1. The van der Waals surface area contributed by atoms with E-state index in [9.17, 15) is 9.90 Å². The van der Waals surface area contributed by atoms with Crippen molar-refractivity contribution in [3.8, 4) is 0 Å². The van der Waals surface area contributed by atoms with Gasteiger partial charge < -0.3 is 10.4 Å². The molecule has 0 spiro atoms. The Morgan fingerprint density at radius 3 is 2.32 bits per heavy atom. The fourth-order valence-corrected chi connectivity index (χ4v) is 2.43. The molecule has 1 saturated carbocycles. The molecule has 1 fully saturated rings. The summed E-state index contributed by atoms with van der Waals surface area (Å²) >= 11 is 0. The van der Waals surface area contributed by atoms with Gasteiger partial charge in [0.2, 0.25) is 0 Å². The lowest BCUT2D eigenvalue weighted by molar-refractivity contribution is -0.147. The lowest BCUT2D eigenvalue weighted by Gasteiger charge is -2.42. The van der Waals surface area contributed by atoms with Crippen molar-refractivity contribution in [3.63, 3.8) is 0 Å². The SMILES string of the molecule is CCCNC(CN(C)C(C)(C)CC)(C(=O)O)C1CC1. The van der Waals surface area contributed by atoms with Crippen molar-refractivity contribution in [2.24, 2.45) is 5.92 Å². The summed E-state index contributed by atoms with van der Waals surface area (Å²) in [7, 11) is 2.04. The van der Waals surface area contributed by atoms with Crippen LogP contribution in [-0.2, 0) is 4.79 Å². The first-order valence-electron chi connectivity index (χ1n) is 7.49. The third-order valence-corrected chi connectivity index (χ3v) is 4.73. The Morgan fingerprint density at radius 1 is 1.37 bits per heavy atom. The first kappa shape index (κ1) is 16.4. The van der Waals surface area contributed by atoms with Gasteiger partial charge in [0.1, 0.15) is 5.54 Å². The summed E-state index contributed by atoms with van der Waals surface area (Å²) in [4.78, 5) is 14.1. The van der Waals surface area contributed by atoms with E-state index in [4.69, 9.17) is 0 Å². The van der Waals surface area contributed by atoms with Crippen LogP contribution in [0.5, 0.6) is 0 Å². The van der Waals surface area contributed by atoms with Gasteiger partial charge in [0.25, 0.3) is 0 Å². The van der Waals surface area contributed by atoms with Gasteiger partial charge in [-0.3, -0.25) is 9.69 Å². The standard InChI is InChI=1S/C15H30N2O2/c1-6-10-16-15(13(18)19,12-8-9-12)11-17(5)14(3,4)7-2/h12,16H,6-11H2,1-5H3,(H,18,19). The van der Waals surface area contributed by atoms with Crippen molar-refractivity contribution in [1.82, 2.24) is 10.2 Å². The predicted molar refractivity (Wildman–Crippen MR) is 78.4 cm³/mol. The highest BCUT2D eigenvalue weighted by Gasteiger charge is 2.52. The maximum Gasteiger partial charge on any atom is 0.325 e. The van der Waals surface area contributed by atoms with Crippen LogP contribution in [0.4, 0.5) is 0 Å². The summed E-state index contributed by atoms with van der Waals surface area (Å²) in [5, 5.41) is 13.1. The zero-order chi connectivity index (χ0) is 14.7. The molecule has 1 aliphatic rings. The minimum Gasteiger partial charge on any atom is -0.480 e. The van der Waals surface area contributed by atoms with E-state index < -0.39 is 11.5 Å². The van der Waals surface area contributed by atoms with E-state index in [0.29, 0.717) is 6.54 Å². The van der Waals surface area contributed by atoms with E-state index in [1.807, 2.05) is 7.05 Å². The van der Waals surface area contributed by atoms with Crippen molar-refractivity contribution in [1.29, 1.82) is 0 Å². The molecule has 0 heterocycles. The van der Waals surface area contributed by atoms with Gasteiger partial charge in [0.05, 0.1) is 0 Å². The molecule has 4 nitrogen and oxygen atoms in total. The molecule has 112 valence electrons. The topological polar surface area (TPSA) is 52.6 Å². The van der Waals surface area contributed by atoms with Gasteiger partial charge in [-0.1, -0.05) is 13.8 Å². The normalized spacial score (nSPS) is 19.5. The van der Waals surface area contributed by atoms with E-state index in [1.54, 1.807) is 0 Å². The van der Waals surface area contributed by atoms with Crippen LogP contribution in [0.25, 0.3) is 0 Å². The van der Waals surface area contributed by atoms with Crippen molar-refractivity contribution in [2.75, 3.05) is 20.1 Å². The molecule has 19 heavy (non-hydrogen) atoms. The molecule has 0 saturated heterocycles. The van der Waals surface area contributed by atoms with Crippen LogP contribution >= 0.6 is 0 Å². The minimum atomic E-state index is -0.767. The molecule has 0 amide bonds. The van der Waals surface area contributed by atoms with Crippen molar-refractivity contribution >= 4 is 5.97 Å². The molecule has 4 heteroatoms. The summed E-state index contributed by atoms with van der Waals surface area (Å²) < 4.78 is 0. The van der Waals surface area contributed by atoms with Crippen LogP contribution in [0.15, 0.2) is 0 Å². The Hall–Kier alpha value is -0.610. The van der Waals surface area contributed by atoms with Crippen LogP contribution in [-0.4, -0.2) is 47.2 Å². The van der Waals surface area contributed by atoms with Gasteiger partial charge >= 0.3 is 5.97 Å². The van der Waals surface area contributed by atoms with Gasteiger partial charge in [0.15, 0.2) is 0 Å². The Kier molecular flexibility index (Phi) is 5.39. The summed E-state index contributed by atoms with van der Waals surface area (Å²) in [6.07, 6.45) is 4.03. The Morgan fingerprint density at radius 2 is 1.95 bits per heavy atom. The van der Waals surface area contributed by atoms with Crippen LogP contribution in [0.3, 0.4) is 0 Å². The molecular weight excluding hydrogens is 240 g/mol. The van der Waals surface area contributed by atoms with Gasteiger partial charge in [0, 0.05) is 12.1 Å². The first-order valence-corrected chi connectivity index (χ1v) is 7.49. The van der Waals surface area contributed by atoms with Crippen LogP contribution in [0.1, 0.15) is 53.4 Å². The van der Waals surface area contributed by atoms with E-state index in [0.717, 1.165) is 32.2 Å². The molecular formula is C15H30N2O2. The number of likely N-dealkylation sites (N-methyl/N-ethyl adjacent to an activating group) is 1. The average Bonchev–Trinajstić information content (AvgIpc) is 3.18. The molecule has 1 atom stereocenters. The fourth-order valence-electron chi connectivity index (χ4n) is 2.43. The number of carboxylic acid groups (broad SMARTS) is 1. The lowest BCUT2D eigenvalue weighted by atomic mass is 9.89. The fraction of sp³-hybridized carbons (Fsp3) is 0.933. The maximum absolute atomic E-state index is 11.9. The number of aliphatic carboxylic acids is 1. The van der Waals surface area contributed by atoms with Gasteiger partial charge in [-0.2, -0.15) is 0 Å². The van der Waals surface area contributed by atoms with Crippen molar-refractivity contribution < 1.29 is 9.90 Å². The quantitative estimate of drug-likeness (QED) is 0.675. The zero-order valence-corrected chi connectivity index (χ0v) is 13.1. The van der Waals surface area contributed by atoms with E-state index in [-0.39, 0.29) is 11.5 Å². The Balaban J connectivity index is 2.87. The summed E-state index contributed by atoms with van der Waals surface area (Å²) in [5.74, 6) is -0.408. The predicted octanol–water partition coefficient (Wildman–Crippen LogP) is 2.34. The van der Waals surface area contributed by atoms with Gasteiger partial charge in [-0.15, -0.1) is 0 Å². The summed E-state index contributed by atoms with van der Waals surface area (Å²) in [5.41, 5.74) is -0.735. The Bertz CT molecular complexity index is 313. The number of hydrogen-bond acceptors (Lipinski definition) is 3. The lowest BCUT2D eigenvalue weighted by Crippen LogP contribution is -2.62.